The van der Waals surface area contributed by atoms with E-state index in [-0.39, 0.29) is 0 Å². The van der Waals surface area contributed by atoms with E-state index >= 15 is 0 Å². The highest BCUT2D eigenvalue weighted by Gasteiger charge is 2.26. The van der Waals surface area contributed by atoms with Crippen molar-refractivity contribution in [2.45, 2.75) is 33.6 Å². The molecule has 3 heterocycles. The van der Waals surface area contributed by atoms with E-state index in [9.17, 15) is 0 Å². The van der Waals surface area contributed by atoms with E-state index in [1.807, 2.05) is 20.0 Å². The van der Waals surface area contributed by atoms with Crippen LogP contribution in [0.2, 0.25) is 0 Å². The third-order valence-electron chi connectivity index (χ3n) is 4.47. The molecular weight excluding hydrogens is 264 g/mol. The van der Waals surface area contributed by atoms with Crippen LogP contribution in [-0.2, 0) is 7.05 Å². The van der Waals surface area contributed by atoms with Crippen LogP contribution in [0.1, 0.15) is 32.4 Å². The summed E-state index contributed by atoms with van der Waals surface area (Å²) in [6, 6.07) is 2.00. The zero-order valence-electron chi connectivity index (χ0n) is 13.3. The first-order valence-corrected chi connectivity index (χ1v) is 7.73. The van der Waals surface area contributed by atoms with E-state index in [2.05, 4.69) is 43.7 Å². The number of aryl methyl sites for hydroxylation is 1. The molecule has 2 aromatic heterocycles. The van der Waals surface area contributed by atoms with Gasteiger partial charge in [0.15, 0.2) is 5.82 Å². The molecule has 0 aromatic carbocycles. The average Bonchev–Trinajstić information content (AvgIpc) is 3.05. The summed E-state index contributed by atoms with van der Waals surface area (Å²) in [5.74, 6) is 3.23. The van der Waals surface area contributed by atoms with Crippen molar-refractivity contribution in [3.05, 3.63) is 11.8 Å². The smallest absolute Gasteiger partial charge is 0.227 e. The molecule has 3 rings (SSSR count). The van der Waals surface area contributed by atoms with Gasteiger partial charge in [0.2, 0.25) is 5.95 Å². The van der Waals surface area contributed by atoms with E-state index < -0.39 is 0 Å². The number of hydrogen-bond donors (Lipinski definition) is 1. The largest absolute Gasteiger partial charge is 0.341 e. The van der Waals surface area contributed by atoms with Crippen LogP contribution in [0.5, 0.6) is 0 Å². The Labute approximate surface area is 125 Å². The summed E-state index contributed by atoms with van der Waals surface area (Å²) in [4.78, 5) is 2.37. The minimum atomic E-state index is 0.717. The minimum absolute atomic E-state index is 0.717. The minimum Gasteiger partial charge on any atom is -0.341 e. The molecule has 1 saturated heterocycles. The number of nitrogens with one attached hydrogen (secondary N) is 1. The van der Waals surface area contributed by atoms with Crippen LogP contribution in [0, 0.1) is 18.8 Å². The van der Waals surface area contributed by atoms with Gasteiger partial charge in [0.1, 0.15) is 5.69 Å². The van der Waals surface area contributed by atoms with Gasteiger partial charge in [-0.3, -0.25) is 9.67 Å². The van der Waals surface area contributed by atoms with Crippen LogP contribution in [0.25, 0.3) is 11.5 Å². The summed E-state index contributed by atoms with van der Waals surface area (Å²) in [5.41, 5.74) is 1.89. The van der Waals surface area contributed by atoms with Gasteiger partial charge in [0.25, 0.3) is 0 Å². The first-order chi connectivity index (χ1) is 10.1. The Bertz CT molecular complexity index is 611. The van der Waals surface area contributed by atoms with Gasteiger partial charge in [-0.15, -0.1) is 10.2 Å². The number of H-pyrrole nitrogens is 1. The molecule has 0 bridgehead atoms. The number of piperidine rings is 1. The average molecular weight is 288 g/mol. The van der Waals surface area contributed by atoms with Crippen molar-refractivity contribution in [3.8, 4) is 11.5 Å². The van der Waals surface area contributed by atoms with Gasteiger partial charge in [-0.1, -0.05) is 13.8 Å². The maximum atomic E-state index is 4.40. The monoisotopic (exact) mass is 288 g/mol. The van der Waals surface area contributed by atoms with Crippen molar-refractivity contribution in [2.75, 3.05) is 18.0 Å². The molecule has 21 heavy (non-hydrogen) atoms. The van der Waals surface area contributed by atoms with Crippen LogP contribution >= 0.6 is 0 Å². The van der Waals surface area contributed by atoms with Gasteiger partial charge in [0, 0.05) is 25.8 Å². The number of rotatable bonds is 3. The quantitative estimate of drug-likeness (QED) is 0.942. The molecule has 0 radical (unpaired) electrons. The van der Waals surface area contributed by atoms with Gasteiger partial charge in [0.05, 0.1) is 0 Å². The maximum absolute atomic E-state index is 4.40. The third-order valence-corrected chi connectivity index (χ3v) is 4.47. The zero-order valence-corrected chi connectivity index (χ0v) is 13.3. The molecule has 1 N–H and O–H groups in total. The van der Waals surface area contributed by atoms with Crippen LogP contribution in [0.15, 0.2) is 6.07 Å². The maximum Gasteiger partial charge on any atom is 0.227 e. The van der Waals surface area contributed by atoms with E-state index in [0.717, 1.165) is 48.1 Å². The molecule has 0 saturated carbocycles. The standard InChI is InChI=1S/C15H24N6/c1-10(2)12-6-5-7-21(9-12)15-19-18-14(20(15)4)13-8-11(3)16-17-13/h8,10,12H,5-7,9H2,1-4H3,(H,16,17). The Morgan fingerprint density at radius 1 is 1.33 bits per heavy atom. The fourth-order valence-corrected chi connectivity index (χ4v) is 3.09. The number of aromatic nitrogens is 5. The van der Waals surface area contributed by atoms with Crippen molar-refractivity contribution in [3.63, 3.8) is 0 Å². The number of aromatic amines is 1. The van der Waals surface area contributed by atoms with E-state index in [1.165, 1.54) is 12.8 Å². The van der Waals surface area contributed by atoms with E-state index in [4.69, 9.17) is 0 Å². The molecule has 1 unspecified atom stereocenters. The molecule has 1 aliphatic rings. The molecule has 0 aliphatic carbocycles. The Morgan fingerprint density at radius 3 is 2.81 bits per heavy atom. The van der Waals surface area contributed by atoms with Gasteiger partial charge in [-0.05, 0) is 37.7 Å². The molecule has 0 amide bonds. The fourth-order valence-electron chi connectivity index (χ4n) is 3.09. The topological polar surface area (TPSA) is 62.6 Å². The van der Waals surface area contributed by atoms with Crippen LogP contribution < -0.4 is 4.90 Å². The Morgan fingerprint density at radius 2 is 2.14 bits per heavy atom. The summed E-state index contributed by atoms with van der Waals surface area (Å²) >= 11 is 0. The van der Waals surface area contributed by atoms with Crippen molar-refractivity contribution in [2.24, 2.45) is 18.9 Å². The van der Waals surface area contributed by atoms with Crippen LogP contribution in [0.3, 0.4) is 0 Å². The highest BCUT2D eigenvalue weighted by Crippen LogP contribution is 2.28. The summed E-state index contributed by atoms with van der Waals surface area (Å²) < 4.78 is 2.05. The number of hydrogen-bond acceptors (Lipinski definition) is 4. The Kier molecular flexibility index (Phi) is 3.69. The highest BCUT2D eigenvalue weighted by molar-refractivity contribution is 5.53. The lowest BCUT2D eigenvalue weighted by molar-refractivity contribution is 0.319. The molecule has 1 aliphatic heterocycles. The predicted molar refractivity (Wildman–Crippen MR) is 83.1 cm³/mol. The number of anilines is 1. The summed E-state index contributed by atoms with van der Waals surface area (Å²) in [6.07, 6.45) is 2.55. The summed E-state index contributed by atoms with van der Waals surface area (Å²) in [7, 11) is 2.02. The van der Waals surface area contributed by atoms with Gasteiger partial charge < -0.3 is 4.90 Å². The predicted octanol–water partition coefficient (Wildman–Crippen LogP) is 2.39. The lowest BCUT2D eigenvalue weighted by Crippen LogP contribution is -2.38. The van der Waals surface area contributed by atoms with Crippen molar-refractivity contribution >= 4 is 5.95 Å². The molecule has 114 valence electrons. The first-order valence-electron chi connectivity index (χ1n) is 7.73. The normalized spacial score (nSPS) is 19.5. The highest BCUT2D eigenvalue weighted by atomic mass is 15.4. The van der Waals surface area contributed by atoms with Crippen LogP contribution in [0.4, 0.5) is 5.95 Å². The second-order valence-electron chi connectivity index (χ2n) is 6.41. The van der Waals surface area contributed by atoms with Gasteiger partial charge >= 0.3 is 0 Å². The summed E-state index contributed by atoms with van der Waals surface area (Å²) in [5, 5.41) is 16.0. The molecule has 6 nitrogen and oxygen atoms in total. The third kappa shape index (κ3) is 2.66. The molecule has 2 aromatic rings. The molecule has 1 atom stereocenters. The molecule has 6 heteroatoms. The fraction of sp³-hybridized carbons (Fsp3) is 0.667. The first kappa shape index (κ1) is 14.1. The summed E-state index contributed by atoms with van der Waals surface area (Å²) in [6.45, 7) is 8.75. The van der Waals surface area contributed by atoms with Crippen LogP contribution in [-0.4, -0.2) is 38.1 Å². The lowest BCUT2D eigenvalue weighted by atomic mass is 9.88. The van der Waals surface area contributed by atoms with Gasteiger partial charge in [-0.2, -0.15) is 5.10 Å². The van der Waals surface area contributed by atoms with E-state index in [1.54, 1.807) is 0 Å². The molecule has 1 fully saturated rings. The van der Waals surface area contributed by atoms with Crippen molar-refractivity contribution in [1.29, 1.82) is 0 Å². The lowest BCUT2D eigenvalue weighted by Gasteiger charge is -2.35. The van der Waals surface area contributed by atoms with Crippen molar-refractivity contribution in [1.82, 2.24) is 25.0 Å². The SMILES string of the molecule is Cc1cc(-c2nnc(N3CCCC(C(C)C)C3)n2C)n[nH]1. The molecular formula is C15H24N6. The Balaban J connectivity index is 1.85. The van der Waals surface area contributed by atoms with Crippen molar-refractivity contribution < 1.29 is 0 Å². The van der Waals surface area contributed by atoms with E-state index in [0.29, 0.717) is 0 Å². The van der Waals surface area contributed by atoms with Gasteiger partial charge in [-0.25, -0.2) is 0 Å². The molecule has 0 spiro atoms. The second kappa shape index (κ2) is 5.50. The zero-order chi connectivity index (χ0) is 15.0. The second-order valence-corrected chi connectivity index (χ2v) is 6.41. The Hall–Kier alpha value is -1.85. The number of nitrogens with zero attached hydrogens (tertiary/aromatic N) is 5.